The van der Waals surface area contributed by atoms with E-state index in [-0.39, 0.29) is 5.02 Å². The minimum atomic E-state index is -1.21. The standard InChI is InChI=1S/C19H17Cl2N3O3/c1-11-3-5-12(6-4-11)19(2)17(26)24(18(27)23-19)10-16(25)22-13-7-8-14(20)15(21)9-13/h3-9H,10H2,1-2H3,(H,22,25)(H,23,27). The third-order valence-corrected chi connectivity index (χ3v) is 5.15. The second kappa shape index (κ2) is 7.21. The average molecular weight is 406 g/mol. The van der Waals surface area contributed by atoms with Gasteiger partial charge < -0.3 is 10.6 Å². The molecule has 1 unspecified atom stereocenters. The highest BCUT2D eigenvalue weighted by atomic mass is 35.5. The zero-order valence-corrected chi connectivity index (χ0v) is 16.2. The van der Waals surface area contributed by atoms with Gasteiger partial charge in [0.1, 0.15) is 12.1 Å². The molecule has 8 heteroatoms. The maximum Gasteiger partial charge on any atom is 0.325 e. The molecule has 4 amide bonds. The Kier molecular flexibility index (Phi) is 5.13. The number of hydrogen-bond donors (Lipinski definition) is 2. The van der Waals surface area contributed by atoms with E-state index in [1.807, 2.05) is 19.1 Å². The van der Waals surface area contributed by atoms with E-state index in [9.17, 15) is 14.4 Å². The van der Waals surface area contributed by atoms with Crippen LogP contribution in [0.5, 0.6) is 0 Å². The normalized spacial score (nSPS) is 19.2. The molecule has 1 atom stereocenters. The fourth-order valence-electron chi connectivity index (χ4n) is 2.84. The average Bonchev–Trinajstić information content (AvgIpc) is 2.83. The Bertz CT molecular complexity index is 930. The summed E-state index contributed by atoms with van der Waals surface area (Å²) in [6, 6.07) is 11.3. The predicted octanol–water partition coefficient (Wildman–Crippen LogP) is 3.71. The van der Waals surface area contributed by atoms with Gasteiger partial charge >= 0.3 is 6.03 Å². The second-order valence-electron chi connectivity index (χ2n) is 6.49. The molecule has 0 bridgehead atoms. The first-order chi connectivity index (χ1) is 12.7. The molecule has 2 aromatic rings. The van der Waals surface area contributed by atoms with Gasteiger partial charge in [0, 0.05) is 5.69 Å². The molecule has 0 saturated carbocycles. The van der Waals surface area contributed by atoms with Crippen molar-refractivity contribution < 1.29 is 14.4 Å². The highest BCUT2D eigenvalue weighted by Crippen LogP contribution is 2.29. The third kappa shape index (κ3) is 3.77. The quantitative estimate of drug-likeness (QED) is 0.760. The molecular formula is C19H17Cl2N3O3. The largest absolute Gasteiger partial charge is 0.325 e. The molecule has 2 aromatic carbocycles. The molecule has 1 saturated heterocycles. The summed E-state index contributed by atoms with van der Waals surface area (Å²) in [5.41, 5.74) is 0.896. The minimum absolute atomic E-state index is 0.288. The number of nitrogens with one attached hydrogen (secondary N) is 2. The Morgan fingerprint density at radius 2 is 1.78 bits per heavy atom. The van der Waals surface area contributed by atoms with E-state index in [4.69, 9.17) is 23.2 Å². The van der Waals surface area contributed by atoms with Crippen molar-refractivity contribution in [3.63, 3.8) is 0 Å². The molecule has 140 valence electrons. The Morgan fingerprint density at radius 1 is 1.11 bits per heavy atom. The smallest absolute Gasteiger partial charge is 0.324 e. The van der Waals surface area contributed by atoms with E-state index in [1.165, 1.54) is 6.07 Å². The summed E-state index contributed by atoms with van der Waals surface area (Å²) < 4.78 is 0. The van der Waals surface area contributed by atoms with Crippen molar-refractivity contribution >= 4 is 46.7 Å². The van der Waals surface area contributed by atoms with Crippen LogP contribution < -0.4 is 10.6 Å². The number of aryl methyl sites for hydroxylation is 1. The molecule has 27 heavy (non-hydrogen) atoms. The topological polar surface area (TPSA) is 78.5 Å². The second-order valence-corrected chi connectivity index (χ2v) is 7.30. The molecular weight excluding hydrogens is 389 g/mol. The molecule has 1 heterocycles. The SMILES string of the molecule is Cc1ccc(C2(C)NC(=O)N(CC(=O)Nc3ccc(Cl)c(Cl)c3)C2=O)cc1. The van der Waals surface area contributed by atoms with E-state index in [0.29, 0.717) is 16.3 Å². The van der Waals surface area contributed by atoms with Crippen LogP contribution in [0.2, 0.25) is 10.0 Å². The summed E-state index contributed by atoms with van der Waals surface area (Å²) in [5, 5.41) is 5.91. The highest BCUT2D eigenvalue weighted by Gasteiger charge is 2.49. The van der Waals surface area contributed by atoms with Gasteiger partial charge in [-0.3, -0.25) is 14.5 Å². The highest BCUT2D eigenvalue weighted by molar-refractivity contribution is 6.42. The van der Waals surface area contributed by atoms with Crippen molar-refractivity contribution in [1.29, 1.82) is 0 Å². The molecule has 1 fully saturated rings. The van der Waals surface area contributed by atoms with Crippen LogP contribution in [0, 0.1) is 6.92 Å². The van der Waals surface area contributed by atoms with Crippen LogP contribution in [0.1, 0.15) is 18.1 Å². The number of urea groups is 1. The van der Waals surface area contributed by atoms with Crippen LogP contribution in [0.15, 0.2) is 42.5 Å². The van der Waals surface area contributed by atoms with Crippen molar-refractivity contribution in [3.05, 3.63) is 63.6 Å². The Balaban J connectivity index is 1.74. The number of anilines is 1. The van der Waals surface area contributed by atoms with Gasteiger partial charge in [0.2, 0.25) is 5.91 Å². The Hall–Kier alpha value is -2.57. The molecule has 2 N–H and O–H groups in total. The van der Waals surface area contributed by atoms with E-state index in [0.717, 1.165) is 10.5 Å². The van der Waals surface area contributed by atoms with Crippen molar-refractivity contribution in [2.75, 3.05) is 11.9 Å². The molecule has 1 aliphatic heterocycles. The lowest BCUT2D eigenvalue weighted by Gasteiger charge is -2.22. The molecule has 0 spiro atoms. The van der Waals surface area contributed by atoms with Crippen LogP contribution in [0.25, 0.3) is 0 Å². The number of benzene rings is 2. The van der Waals surface area contributed by atoms with Crippen molar-refractivity contribution in [3.8, 4) is 0 Å². The third-order valence-electron chi connectivity index (χ3n) is 4.41. The van der Waals surface area contributed by atoms with Crippen molar-refractivity contribution in [1.82, 2.24) is 10.2 Å². The Morgan fingerprint density at radius 3 is 2.41 bits per heavy atom. The van der Waals surface area contributed by atoms with E-state index in [1.54, 1.807) is 31.2 Å². The van der Waals surface area contributed by atoms with E-state index in [2.05, 4.69) is 10.6 Å². The maximum atomic E-state index is 12.8. The molecule has 6 nitrogen and oxygen atoms in total. The number of amides is 4. The van der Waals surface area contributed by atoms with Gasteiger partial charge in [-0.2, -0.15) is 0 Å². The van der Waals surface area contributed by atoms with E-state index < -0.39 is 29.9 Å². The first-order valence-electron chi connectivity index (χ1n) is 8.17. The van der Waals surface area contributed by atoms with Gasteiger partial charge in [0.05, 0.1) is 10.0 Å². The van der Waals surface area contributed by atoms with Crippen molar-refractivity contribution in [2.45, 2.75) is 19.4 Å². The van der Waals surface area contributed by atoms with Crippen LogP contribution in [-0.4, -0.2) is 29.3 Å². The van der Waals surface area contributed by atoms with Crippen LogP contribution >= 0.6 is 23.2 Å². The number of nitrogens with zero attached hydrogens (tertiary/aromatic N) is 1. The van der Waals surface area contributed by atoms with Crippen LogP contribution in [-0.2, 0) is 15.1 Å². The lowest BCUT2D eigenvalue weighted by molar-refractivity contribution is -0.133. The lowest BCUT2D eigenvalue weighted by Crippen LogP contribution is -2.42. The number of hydrogen-bond acceptors (Lipinski definition) is 3. The fourth-order valence-corrected chi connectivity index (χ4v) is 3.14. The summed E-state index contributed by atoms with van der Waals surface area (Å²) >= 11 is 11.8. The number of halogens is 2. The van der Waals surface area contributed by atoms with Gasteiger partial charge in [-0.1, -0.05) is 53.0 Å². The molecule has 1 aliphatic rings. The fraction of sp³-hybridized carbons (Fsp3) is 0.211. The number of imide groups is 1. The zero-order valence-electron chi connectivity index (χ0n) is 14.7. The Labute approximate surface area is 166 Å². The summed E-state index contributed by atoms with van der Waals surface area (Å²) in [5.74, 6) is -1.01. The minimum Gasteiger partial charge on any atom is -0.324 e. The van der Waals surface area contributed by atoms with Gasteiger partial charge in [-0.15, -0.1) is 0 Å². The zero-order chi connectivity index (χ0) is 19.8. The summed E-state index contributed by atoms with van der Waals surface area (Å²) in [6.45, 7) is 3.14. The summed E-state index contributed by atoms with van der Waals surface area (Å²) in [7, 11) is 0. The molecule has 3 rings (SSSR count). The number of rotatable bonds is 4. The van der Waals surface area contributed by atoms with Crippen molar-refractivity contribution in [2.24, 2.45) is 0 Å². The van der Waals surface area contributed by atoms with Gasteiger partial charge in [0.15, 0.2) is 0 Å². The van der Waals surface area contributed by atoms with Crippen LogP contribution in [0.4, 0.5) is 10.5 Å². The first kappa shape index (κ1) is 19.2. The van der Waals surface area contributed by atoms with Gasteiger partial charge in [-0.05, 0) is 37.6 Å². The first-order valence-corrected chi connectivity index (χ1v) is 8.92. The number of carbonyl (C=O) groups excluding carboxylic acids is 3. The lowest BCUT2D eigenvalue weighted by atomic mass is 9.91. The molecule has 0 radical (unpaired) electrons. The number of carbonyl (C=O) groups is 3. The summed E-state index contributed by atoms with van der Waals surface area (Å²) in [4.78, 5) is 38.3. The predicted molar refractivity (Wildman–Crippen MR) is 104 cm³/mol. The maximum absolute atomic E-state index is 12.8. The van der Waals surface area contributed by atoms with Gasteiger partial charge in [-0.25, -0.2) is 4.79 Å². The van der Waals surface area contributed by atoms with E-state index >= 15 is 0 Å². The molecule has 0 aliphatic carbocycles. The summed E-state index contributed by atoms with van der Waals surface area (Å²) in [6.07, 6.45) is 0. The van der Waals surface area contributed by atoms with Gasteiger partial charge in [0.25, 0.3) is 5.91 Å². The monoisotopic (exact) mass is 405 g/mol. The van der Waals surface area contributed by atoms with Crippen LogP contribution in [0.3, 0.4) is 0 Å². The molecule has 0 aromatic heterocycles.